The Hall–Kier alpha value is -0.680. The molecule has 0 saturated carbocycles. The number of hydrogen-bond donors (Lipinski definition) is 1. The van der Waals surface area contributed by atoms with E-state index in [2.05, 4.69) is 33.4 Å². The molecular formula is C11H20N4S. The average Bonchev–Trinajstić information content (AvgIpc) is 2.80. The number of piperidine rings is 1. The summed E-state index contributed by atoms with van der Waals surface area (Å²) in [7, 11) is 0. The Balaban J connectivity index is 1.84. The molecule has 1 fully saturated rings. The van der Waals surface area contributed by atoms with Gasteiger partial charge in [0.2, 0.25) is 5.13 Å². The van der Waals surface area contributed by atoms with Gasteiger partial charge in [0.15, 0.2) is 0 Å². The summed E-state index contributed by atoms with van der Waals surface area (Å²) in [6.07, 6.45) is 4.25. The number of hydrogen-bond acceptors (Lipinski definition) is 5. The van der Waals surface area contributed by atoms with E-state index in [-0.39, 0.29) is 0 Å². The van der Waals surface area contributed by atoms with Crippen molar-refractivity contribution < 1.29 is 0 Å². The van der Waals surface area contributed by atoms with Crippen molar-refractivity contribution in [3.05, 3.63) is 6.33 Å². The van der Waals surface area contributed by atoms with Crippen LogP contribution in [0.3, 0.4) is 0 Å². The fourth-order valence-electron chi connectivity index (χ4n) is 2.11. The van der Waals surface area contributed by atoms with E-state index in [1.54, 1.807) is 6.33 Å². The van der Waals surface area contributed by atoms with Crippen LogP contribution in [0.1, 0.15) is 26.7 Å². The Kier molecular flexibility index (Phi) is 4.12. The normalized spacial score (nSPS) is 21.7. The summed E-state index contributed by atoms with van der Waals surface area (Å²) < 4.78 is 4.07. The summed E-state index contributed by atoms with van der Waals surface area (Å²) in [5, 5.41) is 4.60. The molecule has 0 aliphatic carbocycles. The third kappa shape index (κ3) is 3.15. The molecule has 0 aromatic carbocycles. The largest absolute Gasteiger partial charge is 0.347 e. The molecule has 1 unspecified atom stereocenters. The second-order valence-electron chi connectivity index (χ2n) is 4.74. The van der Waals surface area contributed by atoms with Gasteiger partial charge in [0.05, 0.1) is 0 Å². The van der Waals surface area contributed by atoms with Gasteiger partial charge in [-0.3, -0.25) is 0 Å². The highest BCUT2D eigenvalue weighted by atomic mass is 32.1. The molecule has 1 N–H and O–H groups in total. The van der Waals surface area contributed by atoms with E-state index >= 15 is 0 Å². The molecule has 1 saturated heterocycles. The monoisotopic (exact) mass is 240 g/mol. The lowest BCUT2D eigenvalue weighted by Crippen LogP contribution is -2.41. The Labute approximate surface area is 101 Å². The molecule has 0 amide bonds. The van der Waals surface area contributed by atoms with Gasteiger partial charge in [0, 0.05) is 30.7 Å². The zero-order chi connectivity index (χ0) is 11.4. The molecule has 2 heterocycles. The highest BCUT2D eigenvalue weighted by Gasteiger charge is 2.21. The van der Waals surface area contributed by atoms with E-state index in [4.69, 9.17) is 0 Å². The first-order valence-corrected chi connectivity index (χ1v) is 6.78. The topological polar surface area (TPSA) is 41.0 Å². The third-order valence-electron chi connectivity index (χ3n) is 2.95. The van der Waals surface area contributed by atoms with Crippen LogP contribution in [0.2, 0.25) is 0 Å². The van der Waals surface area contributed by atoms with Gasteiger partial charge in [-0.2, -0.15) is 4.37 Å². The summed E-state index contributed by atoms with van der Waals surface area (Å²) in [6.45, 7) is 7.77. The third-order valence-corrected chi connectivity index (χ3v) is 3.68. The number of aromatic nitrogens is 2. The molecule has 1 aliphatic rings. The van der Waals surface area contributed by atoms with E-state index in [0.29, 0.717) is 6.04 Å². The molecule has 1 aliphatic heterocycles. The smallest absolute Gasteiger partial charge is 0.204 e. The van der Waals surface area contributed by atoms with E-state index in [1.165, 1.54) is 24.4 Å². The van der Waals surface area contributed by atoms with Crippen molar-refractivity contribution in [3.63, 3.8) is 0 Å². The van der Waals surface area contributed by atoms with Gasteiger partial charge in [-0.25, -0.2) is 4.98 Å². The first-order valence-electron chi connectivity index (χ1n) is 6.00. The molecule has 0 bridgehead atoms. The van der Waals surface area contributed by atoms with Gasteiger partial charge in [-0.05, 0) is 25.3 Å². The molecular weight excluding hydrogens is 220 g/mol. The van der Waals surface area contributed by atoms with Crippen LogP contribution in [0.15, 0.2) is 6.33 Å². The highest BCUT2D eigenvalue weighted by Crippen LogP contribution is 2.23. The minimum atomic E-state index is 0.580. The van der Waals surface area contributed by atoms with Gasteiger partial charge < -0.3 is 10.2 Å². The Morgan fingerprint density at radius 2 is 2.50 bits per heavy atom. The van der Waals surface area contributed by atoms with E-state index in [9.17, 15) is 0 Å². The summed E-state index contributed by atoms with van der Waals surface area (Å²) in [5.74, 6) is 0.750. The SMILES string of the molecule is CC(C)NCC1CCCN(c2ncns2)C1. The fraction of sp³-hybridized carbons (Fsp3) is 0.818. The van der Waals surface area contributed by atoms with Crippen LogP contribution in [0, 0.1) is 5.92 Å². The Morgan fingerprint density at radius 1 is 1.62 bits per heavy atom. The maximum Gasteiger partial charge on any atom is 0.204 e. The standard InChI is InChI=1S/C11H20N4S/c1-9(2)12-6-10-4-3-5-15(7-10)11-13-8-14-16-11/h8-10,12H,3-7H2,1-2H3. The second-order valence-corrected chi connectivity index (χ2v) is 5.50. The Morgan fingerprint density at radius 3 is 3.19 bits per heavy atom. The summed E-state index contributed by atoms with van der Waals surface area (Å²) >= 11 is 1.50. The fourth-order valence-corrected chi connectivity index (χ4v) is 2.68. The summed E-state index contributed by atoms with van der Waals surface area (Å²) in [4.78, 5) is 6.65. The van der Waals surface area contributed by atoms with Crippen LogP contribution in [0.25, 0.3) is 0 Å². The summed E-state index contributed by atoms with van der Waals surface area (Å²) in [5.41, 5.74) is 0. The quantitative estimate of drug-likeness (QED) is 0.870. The minimum Gasteiger partial charge on any atom is -0.347 e. The molecule has 16 heavy (non-hydrogen) atoms. The maximum absolute atomic E-state index is 4.28. The van der Waals surface area contributed by atoms with E-state index in [0.717, 1.165) is 30.7 Å². The van der Waals surface area contributed by atoms with E-state index in [1.807, 2.05) is 0 Å². The zero-order valence-electron chi connectivity index (χ0n) is 10.0. The maximum atomic E-state index is 4.28. The molecule has 0 radical (unpaired) electrons. The van der Waals surface area contributed by atoms with E-state index < -0.39 is 0 Å². The first-order chi connectivity index (χ1) is 7.75. The van der Waals surface area contributed by atoms with Gasteiger partial charge >= 0.3 is 0 Å². The van der Waals surface area contributed by atoms with Gasteiger partial charge in [-0.15, -0.1) is 0 Å². The lowest BCUT2D eigenvalue weighted by molar-refractivity contribution is 0.379. The van der Waals surface area contributed by atoms with Crippen molar-refractivity contribution in [1.82, 2.24) is 14.7 Å². The van der Waals surface area contributed by atoms with Crippen molar-refractivity contribution >= 4 is 16.7 Å². The Bertz CT molecular complexity index is 299. The lowest BCUT2D eigenvalue weighted by Gasteiger charge is -2.32. The van der Waals surface area contributed by atoms with Crippen LogP contribution in [0.5, 0.6) is 0 Å². The van der Waals surface area contributed by atoms with Crippen LogP contribution < -0.4 is 10.2 Å². The molecule has 1 aromatic rings. The predicted molar refractivity (Wildman–Crippen MR) is 68.0 cm³/mol. The van der Waals surface area contributed by atoms with Crippen LogP contribution in [0.4, 0.5) is 5.13 Å². The second kappa shape index (κ2) is 5.59. The van der Waals surface area contributed by atoms with Gasteiger partial charge in [-0.1, -0.05) is 13.8 Å². The predicted octanol–water partition coefficient (Wildman–Crippen LogP) is 1.75. The number of nitrogens with zero attached hydrogens (tertiary/aromatic N) is 3. The zero-order valence-corrected chi connectivity index (χ0v) is 10.8. The molecule has 4 nitrogen and oxygen atoms in total. The number of anilines is 1. The van der Waals surface area contributed by atoms with Crippen LogP contribution >= 0.6 is 11.5 Å². The lowest BCUT2D eigenvalue weighted by atomic mass is 9.98. The first kappa shape index (κ1) is 11.8. The number of nitrogens with one attached hydrogen (secondary N) is 1. The van der Waals surface area contributed by atoms with Gasteiger partial charge in [0.1, 0.15) is 6.33 Å². The minimum absolute atomic E-state index is 0.580. The number of rotatable bonds is 4. The van der Waals surface area contributed by atoms with Gasteiger partial charge in [0.25, 0.3) is 0 Å². The average molecular weight is 240 g/mol. The highest BCUT2D eigenvalue weighted by molar-refractivity contribution is 7.09. The van der Waals surface area contributed by atoms with Crippen LogP contribution in [-0.2, 0) is 0 Å². The van der Waals surface area contributed by atoms with Crippen molar-refractivity contribution in [3.8, 4) is 0 Å². The van der Waals surface area contributed by atoms with Crippen molar-refractivity contribution in [2.45, 2.75) is 32.7 Å². The molecule has 5 heteroatoms. The molecule has 2 rings (SSSR count). The van der Waals surface area contributed by atoms with Crippen molar-refractivity contribution in [2.75, 3.05) is 24.5 Å². The molecule has 1 aromatic heterocycles. The molecule has 0 spiro atoms. The van der Waals surface area contributed by atoms with Crippen molar-refractivity contribution in [1.29, 1.82) is 0 Å². The van der Waals surface area contributed by atoms with Crippen molar-refractivity contribution in [2.24, 2.45) is 5.92 Å². The summed E-state index contributed by atoms with van der Waals surface area (Å²) in [6, 6.07) is 0.580. The molecule has 1 atom stereocenters. The molecule has 90 valence electrons. The van der Waals surface area contributed by atoms with Crippen LogP contribution in [-0.4, -0.2) is 35.0 Å².